The van der Waals surface area contributed by atoms with Crippen LogP contribution < -0.4 is 0 Å². The summed E-state index contributed by atoms with van der Waals surface area (Å²) in [5.41, 5.74) is 3.26. The first-order chi connectivity index (χ1) is 13.3. The number of hydrogen-bond donors (Lipinski definition) is 1. The lowest BCUT2D eigenvalue weighted by Gasteiger charge is -2.37. The average Bonchev–Trinajstić information content (AvgIpc) is 3.01. The van der Waals surface area contributed by atoms with Crippen LogP contribution in [0.3, 0.4) is 0 Å². The zero-order chi connectivity index (χ0) is 20.4. The van der Waals surface area contributed by atoms with Crippen molar-refractivity contribution < 1.29 is 14.4 Å². The van der Waals surface area contributed by atoms with Gasteiger partial charge in [-0.2, -0.15) is 0 Å². The molecule has 1 aliphatic rings. The molecule has 1 fully saturated rings. The van der Waals surface area contributed by atoms with Gasteiger partial charge in [-0.25, -0.2) is 0 Å². The van der Waals surface area contributed by atoms with E-state index in [1.54, 1.807) is 0 Å². The number of nitrogens with one attached hydrogen (secondary N) is 1. The fourth-order valence-corrected chi connectivity index (χ4v) is 3.97. The first-order valence-corrected chi connectivity index (χ1v) is 9.64. The Kier molecular flexibility index (Phi) is 5.79. The van der Waals surface area contributed by atoms with Gasteiger partial charge in [0.1, 0.15) is 0 Å². The molecule has 1 saturated heterocycles. The molecular weight excluding hydrogens is 354 g/mol. The van der Waals surface area contributed by atoms with Crippen LogP contribution in [0.25, 0.3) is 0 Å². The van der Waals surface area contributed by atoms with E-state index in [1.807, 2.05) is 56.0 Å². The minimum atomic E-state index is -0.314. The molecule has 1 aromatic carbocycles. The number of hydrogen-bond acceptors (Lipinski definition) is 4. The van der Waals surface area contributed by atoms with Crippen molar-refractivity contribution in [1.29, 1.82) is 0 Å². The van der Waals surface area contributed by atoms with Gasteiger partial charge in [0, 0.05) is 43.0 Å². The molecule has 1 aliphatic heterocycles. The largest absolute Gasteiger partial charge is 0.355 e. The summed E-state index contributed by atoms with van der Waals surface area (Å²) in [6.45, 7) is 9.51. The number of aryl methyl sites for hydroxylation is 1. The number of nitrogens with zero attached hydrogens (tertiary/aromatic N) is 2. The Bertz CT molecular complexity index is 893. The topological polar surface area (TPSA) is 73.5 Å². The second kappa shape index (κ2) is 8.10. The van der Waals surface area contributed by atoms with Crippen LogP contribution in [0.2, 0.25) is 0 Å². The Labute approximate surface area is 165 Å². The maximum atomic E-state index is 13.0. The maximum Gasteiger partial charge on any atom is 0.253 e. The third kappa shape index (κ3) is 3.78. The van der Waals surface area contributed by atoms with Gasteiger partial charge in [-0.05, 0) is 45.4 Å². The lowest BCUT2D eigenvalue weighted by Crippen LogP contribution is -2.53. The molecule has 1 aromatic heterocycles. The predicted octanol–water partition coefficient (Wildman–Crippen LogP) is 2.86. The van der Waals surface area contributed by atoms with Gasteiger partial charge in [0.05, 0.1) is 11.7 Å². The van der Waals surface area contributed by atoms with Crippen molar-refractivity contribution in [2.75, 3.05) is 26.2 Å². The molecule has 2 heterocycles. The summed E-state index contributed by atoms with van der Waals surface area (Å²) in [6.07, 6.45) is 0. The van der Waals surface area contributed by atoms with Crippen molar-refractivity contribution in [2.24, 2.45) is 0 Å². The predicted molar refractivity (Wildman–Crippen MR) is 108 cm³/mol. The van der Waals surface area contributed by atoms with Crippen LogP contribution in [0, 0.1) is 13.8 Å². The zero-order valence-electron chi connectivity index (χ0n) is 16.9. The minimum Gasteiger partial charge on any atom is -0.355 e. The van der Waals surface area contributed by atoms with Crippen LogP contribution in [0.1, 0.15) is 56.3 Å². The van der Waals surface area contributed by atoms with E-state index in [0.29, 0.717) is 43.0 Å². The quantitative estimate of drug-likeness (QED) is 0.809. The second-order valence-corrected chi connectivity index (χ2v) is 7.42. The van der Waals surface area contributed by atoms with E-state index in [4.69, 9.17) is 0 Å². The van der Waals surface area contributed by atoms with Gasteiger partial charge in [0.25, 0.3) is 5.91 Å². The number of H-pyrrole nitrogens is 1. The van der Waals surface area contributed by atoms with Crippen molar-refractivity contribution >= 4 is 17.5 Å². The van der Waals surface area contributed by atoms with Gasteiger partial charge in [-0.1, -0.05) is 18.2 Å². The Hall–Kier alpha value is -2.73. The number of ketones is 2. The number of aromatic nitrogens is 1. The third-order valence-electron chi connectivity index (χ3n) is 5.59. The highest BCUT2D eigenvalue weighted by molar-refractivity contribution is 6.05. The van der Waals surface area contributed by atoms with Gasteiger partial charge in [-0.3, -0.25) is 19.3 Å². The van der Waals surface area contributed by atoms with E-state index in [2.05, 4.69) is 9.88 Å². The number of piperazine rings is 1. The van der Waals surface area contributed by atoms with Crippen LogP contribution in [-0.4, -0.2) is 64.5 Å². The number of aromatic amines is 1. The third-order valence-corrected chi connectivity index (χ3v) is 5.59. The molecule has 1 atom stereocenters. The Morgan fingerprint density at radius 3 is 2.14 bits per heavy atom. The van der Waals surface area contributed by atoms with E-state index in [9.17, 15) is 14.4 Å². The molecule has 0 bridgehead atoms. The molecule has 0 radical (unpaired) electrons. The highest BCUT2D eigenvalue weighted by atomic mass is 16.2. The molecule has 1 amide bonds. The van der Waals surface area contributed by atoms with Gasteiger partial charge in [-0.15, -0.1) is 0 Å². The smallest absolute Gasteiger partial charge is 0.253 e. The summed E-state index contributed by atoms with van der Waals surface area (Å²) >= 11 is 0. The molecule has 0 unspecified atom stereocenters. The van der Waals surface area contributed by atoms with Crippen molar-refractivity contribution in [3.8, 4) is 0 Å². The molecule has 148 valence electrons. The number of carbonyl (C=O) groups is 3. The van der Waals surface area contributed by atoms with Crippen molar-refractivity contribution in [2.45, 2.75) is 33.7 Å². The summed E-state index contributed by atoms with van der Waals surface area (Å²) in [4.78, 5) is 44.5. The first-order valence-electron chi connectivity index (χ1n) is 9.64. The van der Waals surface area contributed by atoms with Gasteiger partial charge >= 0.3 is 0 Å². The normalized spacial score (nSPS) is 16.1. The van der Waals surface area contributed by atoms with Crippen molar-refractivity contribution in [1.82, 2.24) is 14.8 Å². The van der Waals surface area contributed by atoms with Crippen LogP contribution in [0.5, 0.6) is 0 Å². The molecule has 6 heteroatoms. The number of Topliss-reactive ketones (excluding diaryl/α,β-unsaturated/α-hetero) is 2. The Balaban J connectivity index is 1.66. The fraction of sp³-hybridized carbons (Fsp3) is 0.409. The van der Waals surface area contributed by atoms with Gasteiger partial charge in [0.2, 0.25) is 0 Å². The summed E-state index contributed by atoms with van der Waals surface area (Å²) < 4.78 is 0. The molecular formula is C22H27N3O3. The summed E-state index contributed by atoms with van der Waals surface area (Å²) in [6, 6.07) is 8.95. The molecule has 2 aromatic rings. The van der Waals surface area contributed by atoms with Crippen LogP contribution >= 0.6 is 0 Å². The monoisotopic (exact) mass is 381 g/mol. The molecule has 0 spiro atoms. The standard InChI is InChI=1S/C22H27N3O3/c1-14-19(17(4)26)15(2)23-20(14)21(27)16(3)24-10-12-25(13-11-24)22(28)18-8-6-5-7-9-18/h5-9,16,23H,10-13H2,1-4H3/t16-/m1/s1. The van der Waals surface area contributed by atoms with Gasteiger partial charge in [0.15, 0.2) is 11.6 Å². The maximum absolute atomic E-state index is 13.0. The number of benzene rings is 1. The van der Waals surface area contributed by atoms with Gasteiger partial charge < -0.3 is 9.88 Å². The average molecular weight is 381 g/mol. The second-order valence-electron chi connectivity index (χ2n) is 7.42. The summed E-state index contributed by atoms with van der Waals surface area (Å²) in [5, 5.41) is 0. The fourth-order valence-electron chi connectivity index (χ4n) is 3.97. The lowest BCUT2D eigenvalue weighted by molar-refractivity contribution is 0.0550. The molecule has 28 heavy (non-hydrogen) atoms. The van der Waals surface area contributed by atoms with E-state index in [0.717, 1.165) is 11.3 Å². The SMILES string of the molecule is CC(=O)c1c(C)[nH]c(C(=O)[C@@H](C)N2CCN(C(=O)c3ccccc3)CC2)c1C. The van der Waals surface area contributed by atoms with Crippen LogP contribution in [0.15, 0.2) is 30.3 Å². The van der Waals surface area contributed by atoms with Crippen molar-refractivity contribution in [3.63, 3.8) is 0 Å². The summed E-state index contributed by atoms with van der Waals surface area (Å²) in [5.74, 6) is -0.0249. The highest BCUT2D eigenvalue weighted by Crippen LogP contribution is 2.21. The molecule has 0 saturated carbocycles. The van der Waals surface area contributed by atoms with E-state index in [-0.39, 0.29) is 23.5 Å². The van der Waals surface area contributed by atoms with E-state index in [1.165, 1.54) is 6.92 Å². The zero-order valence-corrected chi connectivity index (χ0v) is 16.9. The highest BCUT2D eigenvalue weighted by Gasteiger charge is 2.30. The minimum absolute atomic E-state index is 0.0177. The molecule has 6 nitrogen and oxygen atoms in total. The Morgan fingerprint density at radius 2 is 1.61 bits per heavy atom. The number of carbonyl (C=O) groups excluding carboxylic acids is 3. The number of rotatable bonds is 5. The first kappa shape index (κ1) is 20.0. The summed E-state index contributed by atoms with van der Waals surface area (Å²) in [7, 11) is 0. The van der Waals surface area contributed by atoms with E-state index >= 15 is 0 Å². The number of amides is 1. The van der Waals surface area contributed by atoms with E-state index < -0.39 is 0 Å². The lowest BCUT2D eigenvalue weighted by atomic mass is 10.0. The van der Waals surface area contributed by atoms with Crippen LogP contribution in [0.4, 0.5) is 0 Å². The molecule has 0 aliphatic carbocycles. The molecule has 3 rings (SSSR count). The van der Waals surface area contributed by atoms with Crippen LogP contribution in [-0.2, 0) is 0 Å². The molecule has 1 N–H and O–H groups in total. The van der Waals surface area contributed by atoms with Crippen molar-refractivity contribution in [3.05, 3.63) is 58.4 Å². The Morgan fingerprint density at radius 1 is 1.00 bits per heavy atom.